The molecule has 0 spiro atoms. The Balaban J connectivity index is 1.28. The van der Waals surface area contributed by atoms with Crippen LogP contribution < -0.4 is 14.8 Å². The number of nitrogens with one attached hydrogen (secondary N) is 2. The van der Waals surface area contributed by atoms with Crippen LogP contribution in [-0.4, -0.2) is 82.1 Å². The number of amides is 3. The number of alkyl carbamates (subject to hydrolysis) is 1. The highest BCUT2D eigenvalue weighted by Crippen LogP contribution is 2.57. The van der Waals surface area contributed by atoms with Gasteiger partial charge in [-0.1, -0.05) is 38.8 Å². The number of Topliss-reactive ketones (excluding diaryl/α,β-unsaturated/α-hetero) is 1. The number of pyridine rings is 1. The van der Waals surface area contributed by atoms with Crippen molar-refractivity contribution in [3.63, 3.8) is 0 Å². The number of carbonyl (C=O) groups excluding carboxylic acids is 4. The highest BCUT2D eigenvalue weighted by atomic mass is 32.2. The molecule has 0 bridgehead atoms. The minimum atomic E-state index is -3.94. The monoisotopic (exact) mass is 783 g/mol. The van der Waals surface area contributed by atoms with Crippen molar-refractivity contribution in [2.24, 2.45) is 11.3 Å². The van der Waals surface area contributed by atoms with Crippen LogP contribution in [0.1, 0.15) is 117 Å². The summed E-state index contributed by atoms with van der Waals surface area (Å²) in [6, 6.07) is 1.57. The number of aromatic nitrogens is 2. The fourth-order valence-corrected chi connectivity index (χ4v) is 9.48. The summed E-state index contributed by atoms with van der Waals surface area (Å²) >= 11 is 1.49. The first-order chi connectivity index (χ1) is 25.4. The van der Waals surface area contributed by atoms with Gasteiger partial charge in [0.05, 0.1) is 28.4 Å². The van der Waals surface area contributed by atoms with Crippen molar-refractivity contribution < 1.29 is 37.1 Å². The molecule has 6 rings (SSSR count). The number of ether oxygens (including phenoxy) is 2. The van der Waals surface area contributed by atoms with Crippen LogP contribution in [0.15, 0.2) is 35.9 Å². The van der Waals surface area contributed by atoms with E-state index < -0.39 is 61.9 Å². The predicted octanol–water partition coefficient (Wildman–Crippen LogP) is 6.05. The standard InChI is InChI=1S/C39H53N5O8S2/c1-24(2)30-23-53-33(41-30)29-18-26(14-17-40-29)51-27-19-31-32(45)21-39(35(47)43-54(49,50)38(6)15-16-38)20-25(39)12-10-8-7-9-11-13-28(34(46)44(31)22-27)42-36(48)52-37(3,4)5/h10,12,14,17-18,23-25,27-28,31H,7-9,11,13,15-16,19-22H2,1-6H3,(H,42,48)(H,43,47)/b12-10-/t25-,27-,28+,31+,39-/m1/s1. The van der Waals surface area contributed by atoms with Gasteiger partial charge in [-0.25, -0.2) is 18.2 Å². The van der Waals surface area contributed by atoms with Crippen LogP contribution in [0.25, 0.3) is 10.7 Å². The van der Waals surface area contributed by atoms with Gasteiger partial charge in [-0.15, -0.1) is 11.3 Å². The Labute approximate surface area is 322 Å². The van der Waals surface area contributed by atoms with Gasteiger partial charge in [0.15, 0.2) is 5.78 Å². The molecule has 2 aliphatic carbocycles. The molecule has 54 heavy (non-hydrogen) atoms. The molecule has 3 fully saturated rings. The lowest BCUT2D eigenvalue weighted by Crippen LogP contribution is -2.53. The number of rotatable bonds is 8. The maximum atomic E-state index is 14.5. The van der Waals surface area contributed by atoms with Crippen molar-refractivity contribution in [3.8, 4) is 16.5 Å². The molecule has 2 aliphatic heterocycles. The van der Waals surface area contributed by atoms with Gasteiger partial charge in [-0.2, -0.15) is 0 Å². The summed E-state index contributed by atoms with van der Waals surface area (Å²) in [7, 11) is -3.94. The number of allylic oxidation sites excluding steroid dienone is 2. The van der Waals surface area contributed by atoms with E-state index in [4.69, 9.17) is 14.5 Å². The predicted molar refractivity (Wildman–Crippen MR) is 204 cm³/mol. The van der Waals surface area contributed by atoms with Crippen LogP contribution in [0, 0.1) is 11.3 Å². The van der Waals surface area contributed by atoms with Crippen LogP contribution in [0.5, 0.6) is 5.75 Å². The van der Waals surface area contributed by atoms with Crippen LogP contribution in [0.4, 0.5) is 4.79 Å². The van der Waals surface area contributed by atoms with Gasteiger partial charge >= 0.3 is 6.09 Å². The van der Waals surface area contributed by atoms with E-state index in [0.717, 1.165) is 30.0 Å². The van der Waals surface area contributed by atoms with E-state index in [1.807, 2.05) is 17.5 Å². The fraction of sp³-hybridized carbons (Fsp3) is 0.641. The van der Waals surface area contributed by atoms with E-state index in [-0.39, 0.29) is 37.0 Å². The Bertz CT molecular complexity index is 1900. The van der Waals surface area contributed by atoms with Gasteiger partial charge < -0.3 is 19.7 Å². The van der Waals surface area contributed by atoms with Gasteiger partial charge in [-0.05, 0) is 84.1 Å². The number of hydrogen-bond donors (Lipinski definition) is 2. The molecule has 1 saturated heterocycles. The molecule has 3 amide bonds. The van der Waals surface area contributed by atoms with Crippen molar-refractivity contribution in [2.45, 2.75) is 140 Å². The first-order valence-electron chi connectivity index (χ1n) is 19.0. The summed E-state index contributed by atoms with van der Waals surface area (Å²) in [5.41, 5.74) is -0.435. The Morgan fingerprint density at radius 3 is 2.57 bits per heavy atom. The summed E-state index contributed by atoms with van der Waals surface area (Å²) in [4.78, 5) is 66.5. The minimum Gasteiger partial charge on any atom is -0.488 e. The third-order valence-electron chi connectivity index (χ3n) is 10.9. The number of thiazole rings is 1. The second-order valence-electron chi connectivity index (χ2n) is 16.9. The minimum absolute atomic E-state index is 0.0589. The molecule has 0 aromatic carbocycles. The Morgan fingerprint density at radius 1 is 1.13 bits per heavy atom. The summed E-state index contributed by atoms with van der Waals surface area (Å²) < 4.78 is 39.6. The number of ketones is 1. The van der Waals surface area contributed by atoms with Crippen molar-refractivity contribution in [1.82, 2.24) is 24.9 Å². The van der Waals surface area contributed by atoms with E-state index in [0.29, 0.717) is 43.5 Å². The lowest BCUT2D eigenvalue weighted by atomic mass is 9.91. The first kappa shape index (κ1) is 39.8. The number of carbonyl (C=O) groups is 4. The average Bonchev–Trinajstić information content (AvgIpc) is 3.86. The van der Waals surface area contributed by atoms with Gasteiger partial charge in [0, 0.05) is 30.5 Å². The van der Waals surface area contributed by atoms with Crippen molar-refractivity contribution in [2.75, 3.05) is 6.54 Å². The Morgan fingerprint density at radius 2 is 1.89 bits per heavy atom. The summed E-state index contributed by atoms with van der Waals surface area (Å²) in [6.45, 7) is 11.0. The van der Waals surface area contributed by atoms with Crippen molar-refractivity contribution in [3.05, 3.63) is 41.6 Å². The molecule has 294 valence electrons. The molecule has 2 saturated carbocycles. The zero-order valence-corrected chi connectivity index (χ0v) is 33.7. The van der Waals surface area contributed by atoms with E-state index in [2.05, 4.69) is 28.9 Å². The van der Waals surface area contributed by atoms with Crippen LogP contribution in [0.3, 0.4) is 0 Å². The van der Waals surface area contributed by atoms with E-state index in [1.165, 1.54) is 16.2 Å². The zero-order valence-electron chi connectivity index (χ0n) is 32.1. The highest BCUT2D eigenvalue weighted by Gasteiger charge is 2.62. The average molecular weight is 784 g/mol. The molecular weight excluding hydrogens is 731 g/mol. The maximum absolute atomic E-state index is 14.5. The van der Waals surface area contributed by atoms with Gasteiger partial charge in [0.1, 0.15) is 34.2 Å². The maximum Gasteiger partial charge on any atom is 0.408 e. The van der Waals surface area contributed by atoms with E-state index in [9.17, 15) is 27.6 Å². The summed E-state index contributed by atoms with van der Waals surface area (Å²) in [5.74, 6) is -1.03. The third-order valence-corrected chi connectivity index (χ3v) is 14.0. The van der Waals surface area contributed by atoms with Crippen molar-refractivity contribution >= 4 is 45.1 Å². The Hall–Kier alpha value is -3.85. The fourth-order valence-electron chi connectivity index (χ4n) is 7.20. The molecular formula is C39H53N5O8S2. The third kappa shape index (κ3) is 8.98. The second-order valence-corrected chi connectivity index (χ2v) is 19.9. The lowest BCUT2D eigenvalue weighted by Gasteiger charge is -2.30. The quantitative estimate of drug-likeness (QED) is 0.300. The van der Waals surface area contributed by atoms with Crippen LogP contribution in [0.2, 0.25) is 0 Å². The number of fused-ring (bicyclic) bond motifs is 2. The number of hydrogen-bond acceptors (Lipinski definition) is 11. The second kappa shape index (κ2) is 15.4. The molecule has 13 nitrogen and oxygen atoms in total. The SMILES string of the molecule is CC(C)c1csc(-c2cc(O[C@@H]3C[C@H]4C(=O)C[C@]5(C(=O)NS(=O)(=O)C6(C)CC6)C[C@H]5/C=C\CCCCC[C@H](NC(=O)OC(C)(C)C)C(=O)N4C3)ccn2)n1. The topological polar surface area (TPSA) is 174 Å². The van der Waals surface area contributed by atoms with Gasteiger partial charge in [0.2, 0.25) is 21.8 Å². The molecule has 2 aromatic rings. The van der Waals surface area contributed by atoms with Crippen LogP contribution >= 0.6 is 11.3 Å². The summed E-state index contributed by atoms with van der Waals surface area (Å²) in [6.07, 6.45) is 8.69. The molecule has 15 heteroatoms. The highest BCUT2D eigenvalue weighted by molar-refractivity contribution is 7.91. The molecule has 4 heterocycles. The van der Waals surface area contributed by atoms with Crippen molar-refractivity contribution in [1.29, 1.82) is 0 Å². The molecule has 0 radical (unpaired) electrons. The number of sulfonamides is 1. The molecule has 0 unspecified atom stereocenters. The molecule has 2 aromatic heterocycles. The van der Waals surface area contributed by atoms with Crippen LogP contribution in [-0.2, 0) is 29.1 Å². The first-order valence-corrected chi connectivity index (χ1v) is 21.4. The largest absolute Gasteiger partial charge is 0.488 e. The summed E-state index contributed by atoms with van der Waals surface area (Å²) in [5, 5.41) is 5.52. The van der Waals surface area contributed by atoms with Gasteiger partial charge in [-0.3, -0.25) is 24.1 Å². The Kier molecular flexibility index (Phi) is 11.3. The van der Waals surface area contributed by atoms with E-state index in [1.54, 1.807) is 46.0 Å². The normalized spacial score (nSPS) is 27.9. The molecule has 2 N–H and O–H groups in total. The zero-order chi connectivity index (χ0) is 39.1. The number of nitrogens with zero attached hydrogens (tertiary/aromatic N) is 3. The van der Waals surface area contributed by atoms with E-state index >= 15 is 0 Å². The lowest BCUT2D eigenvalue weighted by molar-refractivity contribution is -0.140. The van der Waals surface area contributed by atoms with Gasteiger partial charge in [0.25, 0.3) is 0 Å². The molecule has 4 aliphatic rings. The molecule has 5 atom stereocenters. The smallest absolute Gasteiger partial charge is 0.408 e.